The van der Waals surface area contributed by atoms with Crippen molar-refractivity contribution in [1.82, 2.24) is 5.32 Å². The molecule has 5 nitrogen and oxygen atoms in total. The minimum absolute atomic E-state index is 0.116. The van der Waals surface area contributed by atoms with E-state index < -0.39 is 11.4 Å². The molecule has 0 aliphatic heterocycles. The van der Waals surface area contributed by atoms with E-state index in [4.69, 9.17) is 15.2 Å². The standard InChI is InChI=1S/C14H22N2O3/c1-9(2)16-14(3,13(15)17)10-6-7-11(18-4)12(8-10)19-5/h6-9,16H,1-5H3,(H2,15,17). The smallest absolute Gasteiger partial charge is 0.242 e. The number of benzene rings is 1. The van der Waals surface area contributed by atoms with Gasteiger partial charge in [-0.05, 0) is 38.5 Å². The first-order valence-electron chi connectivity index (χ1n) is 6.15. The van der Waals surface area contributed by atoms with Gasteiger partial charge in [0.2, 0.25) is 5.91 Å². The lowest BCUT2D eigenvalue weighted by molar-refractivity contribution is -0.124. The Kier molecular flexibility index (Phi) is 4.78. The monoisotopic (exact) mass is 266 g/mol. The summed E-state index contributed by atoms with van der Waals surface area (Å²) in [4.78, 5) is 11.8. The number of hydrogen-bond acceptors (Lipinski definition) is 4. The van der Waals surface area contributed by atoms with Gasteiger partial charge in [-0.25, -0.2) is 0 Å². The van der Waals surface area contributed by atoms with Gasteiger partial charge in [-0.15, -0.1) is 0 Å². The van der Waals surface area contributed by atoms with Crippen molar-refractivity contribution in [3.63, 3.8) is 0 Å². The predicted molar refractivity (Wildman–Crippen MR) is 74.4 cm³/mol. The molecule has 0 spiro atoms. The molecule has 0 aliphatic rings. The zero-order chi connectivity index (χ0) is 14.6. The normalized spacial score (nSPS) is 14.0. The second-order valence-electron chi connectivity index (χ2n) is 4.86. The number of nitrogens with two attached hydrogens (primary N) is 1. The number of nitrogens with one attached hydrogen (secondary N) is 1. The van der Waals surface area contributed by atoms with Crippen LogP contribution in [0, 0.1) is 0 Å². The van der Waals surface area contributed by atoms with E-state index >= 15 is 0 Å². The van der Waals surface area contributed by atoms with Crippen LogP contribution in [0.15, 0.2) is 18.2 Å². The second-order valence-corrected chi connectivity index (χ2v) is 4.86. The van der Waals surface area contributed by atoms with Crippen LogP contribution in [0.3, 0.4) is 0 Å². The lowest BCUT2D eigenvalue weighted by Crippen LogP contribution is -2.52. The molecule has 0 heterocycles. The van der Waals surface area contributed by atoms with Crippen LogP contribution in [-0.2, 0) is 10.3 Å². The van der Waals surface area contributed by atoms with Gasteiger partial charge in [-0.3, -0.25) is 10.1 Å². The fourth-order valence-electron chi connectivity index (χ4n) is 2.02. The Morgan fingerprint density at radius 1 is 1.26 bits per heavy atom. The van der Waals surface area contributed by atoms with Crippen LogP contribution in [0.25, 0.3) is 0 Å². The van der Waals surface area contributed by atoms with Gasteiger partial charge >= 0.3 is 0 Å². The molecule has 0 fully saturated rings. The van der Waals surface area contributed by atoms with Crippen molar-refractivity contribution in [3.8, 4) is 11.5 Å². The van der Waals surface area contributed by atoms with Crippen LogP contribution in [0.1, 0.15) is 26.3 Å². The van der Waals surface area contributed by atoms with Crippen LogP contribution in [-0.4, -0.2) is 26.2 Å². The van der Waals surface area contributed by atoms with E-state index in [0.717, 1.165) is 5.56 Å². The largest absolute Gasteiger partial charge is 0.493 e. The topological polar surface area (TPSA) is 73.6 Å². The molecule has 3 N–H and O–H groups in total. The van der Waals surface area contributed by atoms with Crippen LogP contribution >= 0.6 is 0 Å². The van der Waals surface area contributed by atoms with E-state index in [1.54, 1.807) is 33.3 Å². The summed E-state index contributed by atoms with van der Waals surface area (Å²) in [7, 11) is 3.12. The van der Waals surface area contributed by atoms with Crippen LogP contribution < -0.4 is 20.5 Å². The van der Waals surface area contributed by atoms with E-state index in [1.807, 2.05) is 19.9 Å². The molecule has 5 heteroatoms. The molecule has 1 atom stereocenters. The van der Waals surface area contributed by atoms with Crippen molar-refractivity contribution >= 4 is 5.91 Å². The van der Waals surface area contributed by atoms with Gasteiger partial charge < -0.3 is 15.2 Å². The van der Waals surface area contributed by atoms with Gasteiger partial charge in [-0.1, -0.05) is 6.07 Å². The van der Waals surface area contributed by atoms with Crippen molar-refractivity contribution < 1.29 is 14.3 Å². The molecular weight excluding hydrogens is 244 g/mol. The number of primary amides is 1. The molecule has 0 aliphatic carbocycles. The number of methoxy groups -OCH3 is 2. The Balaban J connectivity index is 3.27. The zero-order valence-corrected chi connectivity index (χ0v) is 12.1. The summed E-state index contributed by atoms with van der Waals surface area (Å²) in [5.41, 5.74) is 5.33. The predicted octanol–water partition coefficient (Wildman–Crippen LogP) is 1.40. The van der Waals surface area contributed by atoms with Gasteiger partial charge in [0.15, 0.2) is 11.5 Å². The Morgan fingerprint density at radius 2 is 1.84 bits per heavy atom. The molecule has 1 aromatic carbocycles. The van der Waals surface area contributed by atoms with Gasteiger partial charge in [-0.2, -0.15) is 0 Å². The fourth-order valence-corrected chi connectivity index (χ4v) is 2.02. The van der Waals surface area contributed by atoms with E-state index in [2.05, 4.69) is 5.32 Å². The summed E-state index contributed by atoms with van der Waals surface area (Å²) in [6, 6.07) is 5.45. The first-order chi connectivity index (χ1) is 8.85. The summed E-state index contributed by atoms with van der Waals surface area (Å²) in [5, 5.41) is 3.19. The number of carbonyl (C=O) groups is 1. The first-order valence-corrected chi connectivity index (χ1v) is 6.15. The molecule has 0 saturated heterocycles. The number of carbonyl (C=O) groups excluding carboxylic acids is 1. The van der Waals surface area contributed by atoms with Crippen LogP contribution in [0.5, 0.6) is 11.5 Å². The molecule has 19 heavy (non-hydrogen) atoms. The Labute approximate surface area is 114 Å². The van der Waals surface area contributed by atoms with E-state index in [0.29, 0.717) is 11.5 Å². The highest BCUT2D eigenvalue weighted by molar-refractivity contribution is 5.86. The van der Waals surface area contributed by atoms with Crippen LogP contribution in [0.2, 0.25) is 0 Å². The maximum atomic E-state index is 11.8. The van der Waals surface area contributed by atoms with Crippen molar-refractivity contribution in [2.45, 2.75) is 32.4 Å². The van der Waals surface area contributed by atoms with Crippen molar-refractivity contribution in [3.05, 3.63) is 23.8 Å². The van der Waals surface area contributed by atoms with E-state index in [9.17, 15) is 4.79 Å². The number of rotatable bonds is 6. The number of amides is 1. The Morgan fingerprint density at radius 3 is 2.26 bits per heavy atom. The molecule has 0 radical (unpaired) electrons. The highest BCUT2D eigenvalue weighted by Crippen LogP contribution is 2.32. The lowest BCUT2D eigenvalue weighted by Gasteiger charge is -2.30. The highest BCUT2D eigenvalue weighted by Gasteiger charge is 2.34. The van der Waals surface area contributed by atoms with Crippen molar-refractivity contribution in [2.24, 2.45) is 5.73 Å². The second kappa shape index (κ2) is 5.93. The highest BCUT2D eigenvalue weighted by atomic mass is 16.5. The van der Waals surface area contributed by atoms with Gasteiger partial charge in [0.25, 0.3) is 0 Å². The third kappa shape index (κ3) is 3.17. The average Bonchev–Trinajstić information content (AvgIpc) is 2.36. The number of hydrogen-bond donors (Lipinski definition) is 2. The maximum Gasteiger partial charge on any atom is 0.242 e. The molecule has 1 rings (SSSR count). The molecule has 106 valence electrons. The lowest BCUT2D eigenvalue weighted by atomic mass is 9.90. The molecule has 1 unspecified atom stereocenters. The molecule has 1 aromatic rings. The third-order valence-electron chi connectivity index (χ3n) is 3.03. The molecule has 1 amide bonds. The SMILES string of the molecule is COc1ccc(C(C)(NC(C)C)C(N)=O)cc1OC. The average molecular weight is 266 g/mol. The quantitative estimate of drug-likeness (QED) is 0.816. The van der Waals surface area contributed by atoms with Gasteiger partial charge in [0, 0.05) is 6.04 Å². The van der Waals surface area contributed by atoms with Gasteiger partial charge in [0.1, 0.15) is 5.54 Å². The molecule has 0 aromatic heterocycles. The summed E-state index contributed by atoms with van der Waals surface area (Å²) >= 11 is 0. The van der Waals surface area contributed by atoms with E-state index in [-0.39, 0.29) is 6.04 Å². The van der Waals surface area contributed by atoms with Crippen molar-refractivity contribution in [1.29, 1.82) is 0 Å². The summed E-state index contributed by atoms with van der Waals surface area (Å²) < 4.78 is 10.4. The maximum absolute atomic E-state index is 11.8. The minimum Gasteiger partial charge on any atom is -0.493 e. The van der Waals surface area contributed by atoms with Crippen molar-refractivity contribution in [2.75, 3.05) is 14.2 Å². The van der Waals surface area contributed by atoms with E-state index in [1.165, 1.54) is 0 Å². The first kappa shape index (κ1) is 15.3. The van der Waals surface area contributed by atoms with Gasteiger partial charge in [0.05, 0.1) is 14.2 Å². The Bertz CT molecular complexity index is 460. The summed E-state index contributed by atoms with van der Waals surface area (Å²) in [5.74, 6) is 0.745. The zero-order valence-electron chi connectivity index (χ0n) is 12.1. The molecular formula is C14H22N2O3. The molecule has 0 saturated carbocycles. The van der Waals surface area contributed by atoms with Crippen LogP contribution in [0.4, 0.5) is 0 Å². The third-order valence-corrected chi connectivity index (χ3v) is 3.03. The fraction of sp³-hybridized carbons (Fsp3) is 0.500. The number of ether oxygens (including phenoxy) is 2. The Hall–Kier alpha value is -1.75. The minimum atomic E-state index is -0.951. The summed E-state index contributed by atoms with van der Waals surface area (Å²) in [6.45, 7) is 5.68. The molecule has 0 bridgehead atoms. The summed E-state index contributed by atoms with van der Waals surface area (Å²) in [6.07, 6.45) is 0.